The molecule has 2 aromatic carbocycles. The first kappa shape index (κ1) is 21.8. The number of pyridine rings is 1. The molecule has 0 fully saturated rings. The SMILES string of the molecule is COc1cc(OC)c2c(C)[n+](-c3ccc(Cl)cc3)c(C)cc2c1.F[B-](F)(F)F. The van der Waals surface area contributed by atoms with E-state index in [1.807, 2.05) is 36.4 Å². The molecule has 0 aliphatic rings. The molecule has 1 heterocycles. The number of aryl methyl sites for hydroxylation is 2. The first-order chi connectivity index (χ1) is 13.0. The van der Waals surface area contributed by atoms with Crippen molar-refractivity contribution in [2.45, 2.75) is 13.8 Å². The van der Waals surface area contributed by atoms with Crippen molar-refractivity contribution in [1.29, 1.82) is 0 Å². The molecule has 0 aliphatic carbocycles. The molecular weight excluding hydrogens is 396 g/mol. The van der Waals surface area contributed by atoms with Gasteiger partial charge in [0.1, 0.15) is 11.5 Å². The average Bonchev–Trinajstić information content (AvgIpc) is 2.60. The first-order valence-electron chi connectivity index (χ1n) is 8.26. The molecule has 150 valence electrons. The smallest absolute Gasteiger partial charge is 0.497 e. The summed E-state index contributed by atoms with van der Waals surface area (Å²) in [6.07, 6.45) is 0. The first-order valence-corrected chi connectivity index (χ1v) is 8.64. The molecule has 0 spiro atoms. The van der Waals surface area contributed by atoms with E-state index < -0.39 is 7.25 Å². The molecular formula is C19H19BClF4NO2. The fourth-order valence-corrected chi connectivity index (χ4v) is 3.17. The van der Waals surface area contributed by atoms with Crippen molar-refractivity contribution in [1.82, 2.24) is 0 Å². The van der Waals surface area contributed by atoms with Crippen LogP contribution in [-0.2, 0) is 0 Å². The van der Waals surface area contributed by atoms with Gasteiger partial charge in [0.25, 0.3) is 0 Å². The molecule has 0 bridgehead atoms. The van der Waals surface area contributed by atoms with Crippen molar-refractivity contribution < 1.29 is 31.3 Å². The summed E-state index contributed by atoms with van der Waals surface area (Å²) in [5.41, 5.74) is 3.32. The molecule has 1 aromatic heterocycles. The number of halogens is 5. The van der Waals surface area contributed by atoms with Gasteiger partial charge in [0.15, 0.2) is 11.4 Å². The Bertz CT molecular complexity index is 973. The number of rotatable bonds is 3. The Kier molecular flexibility index (Phi) is 6.77. The summed E-state index contributed by atoms with van der Waals surface area (Å²) in [5.74, 6) is 1.59. The second kappa shape index (κ2) is 8.69. The van der Waals surface area contributed by atoms with E-state index in [1.165, 1.54) is 0 Å². The second-order valence-electron chi connectivity index (χ2n) is 5.97. The minimum Gasteiger partial charge on any atom is -0.497 e. The largest absolute Gasteiger partial charge is 0.673 e. The number of aromatic nitrogens is 1. The van der Waals surface area contributed by atoms with E-state index in [0.717, 1.165) is 44.4 Å². The lowest BCUT2D eigenvalue weighted by Crippen LogP contribution is -2.37. The number of fused-ring (bicyclic) bond motifs is 1. The van der Waals surface area contributed by atoms with Gasteiger partial charge in [0.2, 0.25) is 5.69 Å². The van der Waals surface area contributed by atoms with Gasteiger partial charge in [-0.2, -0.15) is 4.57 Å². The van der Waals surface area contributed by atoms with Gasteiger partial charge in [0, 0.05) is 48.5 Å². The zero-order chi connectivity index (χ0) is 21.1. The van der Waals surface area contributed by atoms with Gasteiger partial charge in [-0.25, -0.2) is 0 Å². The molecule has 0 saturated carbocycles. The van der Waals surface area contributed by atoms with Crippen LogP contribution in [0.2, 0.25) is 5.02 Å². The van der Waals surface area contributed by atoms with Crippen molar-refractivity contribution >= 4 is 29.6 Å². The van der Waals surface area contributed by atoms with E-state index in [9.17, 15) is 17.3 Å². The van der Waals surface area contributed by atoms with Gasteiger partial charge in [-0.05, 0) is 18.2 Å². The Morgan fingerprint density at radius 1 is 0.893 bits per heavy atom. The summed E-state index contributed by atoms with van der Waals surface area (Å²) in [4.78, 5) is 0. The van der Waals surface area contributed by atoms with Crippen LogP contribution < -0.4 is 14.0 Å². The van der Waals surface area contributed by atoms with E-state index >= 15 is 0 Å². The van der Waals surface area contributed by atoms with Crippen LogP contribution in [0.4, 0.5) is 17.3 Å². The average molecular weight is 416 g/mol. The molecule has 9 heteroatoms. The highest BCUT2D eigenvalue weighted by Gasteiger charge is 2.22. The van der Waals surface area contributed by atoms with Crippen LogP contribution in [0.25, 0.3) is 16.5 Å². The van der Waals surface area contributed by atoms with Crippen LogP contribution >= 0.6 is 11.6 Å². The number of hydrogen-bond acceptors (Lipinski definition) is 2. The van der Waals surface area contributed by atoms with Gasteiger partial charge in [-0.1, -0.05) is 11.6 Å². The maximum atomic E-state index is 9.75. The summed E-state index contributed by atoms with van der Waals surface area (Å²) in [7, 11) is -2.66. The highest BCUT2D eigenvalue weighted by molar-refractivity contribution is 6.50. The summed E-state index contributed by atoms with van der Waals surface area (Å²) in [6.45, 7) is 4.19. The second-order valence-corrected chi connectivity index (χ2v) is 6.41. The highest BCUT2D eigenvalue weighted by atomic mass is 35.5. The van der Waals surface area contributed by atoms with E-state index in [1.54, 1.807) is 14.2 Å². The summed E-state index contributed by atoms with van der Waals surface area (Å²) in [5, 5.41) is 2.91. The molecule has 3 rings (SSSR count). The van der Waals surface area contributed by atoms with E-state index in [0.29, 0.717) is 0 Å². The van der Waals surface area contributed by atoms with Crippen molar-refractivity contribution in [2.24, 2.45) is 0 Å². The Hall–Kier alpha value is -2.48. The van der Waals surface area contributed by atoms with Crippen molar-refractivity contribution in [3.05, 3.63) is 58.9 Å². The number of methoxy groups -OCH3 is 2. The molecule has 0 amide bonds. The van der Waals surface area contributed by atoms with Gasteiger partial charge in [-0.3, -0.25) is 0 Å². The molecule has 0 aliphatic heterocycles. The fraction of sp³-hybridized carbons (Fsp3) is 0.211. The fourth-order valence-electron chi connectivity index (χ4n) is 3.04. The topological polar surface area (TPSA) is 22.3 Å². The van der Waals surface area contributed by atoms with Gasteiger partial charge in [-0.15, -0.1) is 0 Å². The third-order valence-electron chi connectivity index (χ3n) is 4.06. The number of ether oxygens (including phenoxy) is 2. The quantitative estimate of drug-likeness (QED) is 0.311. The lowest BCUT2D eigenvalue weighted by Gasteiger charge is -2.12. The van der Waals surface area contributed by atoms with Crippen LogP contribution in [0.3, 0.4) is 0 Å². The molecule has 0 N–H and O–H groups in total. The zero-order valence-electron chi connectivity index (χ0n) is 15.8. The summed E-state index contributed by atoms with van der Waals surface area (Å²) < 4.78 is 52.2. The van der Waals surface area contributed by atoms with E-state index in [-0.39, 0.29) is 0 Å². The molecule has 0 radical (unpaired) electrons. The zero-order valence-corrected chi connectivity index (χ0v) is 16.5. The lowest BCUT2D eigenvalue weighted by atomic mass is 10.1. The molecule has 0 atom stereocenters. The van der Waals surface area contributed by atoms with Crippen LogP contribution in [0.1, 0.15) is 11.4 Å². The maximum absolute atomic E-state index is 9.75. The Morgan fingerprint density at radius 3 is 1.96 bits per heavy atom. The molecule has 28 heavy (non-hydrogen) atoms. The van der Waals surface area contributed by atoms with Crippen molar-refractivity contribution in [3.63, 3.8) is 0 Å². The third-order valence-corrected chi connectivity index (χ3v) is 4.31. The standard InChI is InChI=1S/C19H19ClNO2.BF4/c1-12-9-14-10-17(22-3)11-18(23-4)19(14)13(2)21(12)16-7-5-15(20)6-8-16;2-1(3,4)5/h5-11H,1-4H3;/q+1;-1. The van der Waals surface area contributed by atoms with E-state index in [4.69, 9.17) is 21.1 Å². The monoisotopic (exact) mass is 415 g/mol. The minimum absolute atomic E-state index is 0.729. The predicted molar refractivity (Wildman–Crippen MR) is 103 cm³/mol. The van der Waals surface area contributed by atoms with Crippen LogP contribution in [-0.4, -0.2) is 21.5 Å². The summed E-state index contributed by atoms with van der Waals surface area (Å²) >= 11 is 6.01. The van der Waals surface area contributed by atoms with Crippen LogP contribution in [0.15, 0.2) is 42.5 Å². The Labute approximate surface area is 165 Å². The van der Waals surface area contributed by atoms with Crippen LogP contribution in [0.5, 0.6) is 11.5 Å². The van der Waals surface area contributed by atoms with E-state index in [2.05, 4.69) is 24.5 Å². The van der Waals surface area contributed by atoms with Gasteiger partial charge >= 0.3 is 7.25 Å². The summed E-state index contributed by atoms with van der Waals surface area (Å²) in [6, 6.07) is 13.9. The van der Waals surface area contributed by atoms with Crippen LogP contribution in [0, 0.1) is 13.8 Å². The number of nitrogens with zero attached hydrogens (tertiary/aromatic N) is 1. The lowest BCUT2D eigenvalue weighted by molar-refractivity contribution is -0.607. The third kappa shape index (κ3) is 5.28. The van der Waals surface area contributed by atoms with Gasteiger partial charge in [0.05, 0.1) is 19.6 Å². The Balaban J connectivity index is 0.000000500. The molecule has 0 saturated heterocycles. The predicted octanol–water partition coefficient (Wildman–Crippen LogP) is 5.70. The van der Waals surface area contributed by atoms with Crippen molar-refractivity contribution in [3.8, 4) is 17.2 Å². The molecule has 0 unspecified atom stereocenters. The molecule has 3 nitrogen and oxygen atoms in total. The Morgan fingerprint density at radius 2 is 1.46 bits per heavy atom. The normalized spacial score (nSPS) is 11.0. The van der Waals surface area contributed by atoms with Gasteiger partial charge < -0.3 is 26.7 Å². The number of hydrogen-bond donors (Lipinski definition) is 0. The maximum Gasteiger partial charge on any atom is 0.673 e. The molecule has 3 aromatic rings. The highest BCUT2D eigenvalue weighted by Crippen LogP contribution is 2.33. The minimum atomic E-state index is -6.00. The van der Waals surface area contributed by atoms with Crippen molar-refractivity contribution in [2.75, 3.05) is 14.2 Å². The number of benzene rings is 2.